The molecule has 0 bridgehead atoms. The summed E-state index contributed by atoms with van der Waals surface area (Å²) in [5.41, 5.74) is 2.52. The summed E-state index contributed by atoms with van der Waals surface area (Å²) < 4.78 is 11.4. The zero-order valence-electron chi connectivity index (χ0n) is 13.4. The number of nitrogens with one attached hydrogen (secondary N) is 1. The third-order valence-corrected chi connectivity index (χ3v) is 3.32. The predicted octanol–water partition coefficient (Wildman–Crippen LogP) is 4.31. The highest BCUT2D eigenvalue weighted by atomic mass is 16.5. The molecule has 0 amide bonds. The van der Waals surface area contributed by atoms with E-state index in [1.165, 1.54) is 5.56 Å². The third-order valence-electron chi connectivity index (χ3n) is 3.32. The highest BCUT2D eigenvalue weighted by molar-refractivity contribution is 5.28. The van der Waals surface area contributed by atoms with E-state index in [2.05, 4.69) is 45.1 Å². The van der Waals surface area contributed by atoms with Crippen molar-refractivity contribution in [2.75, 3.05) is 0 Å². The minimum Gasteiger partial charge on any atom is -0.486 e. The molecule has 0 spiro atoms. The summed E-state index contributed by atoms with van der Waals surface area (Å²) in [5.74, 6) is 1.77. The Morgan fingerprint density at radius 1 is 1.19 bits per heavy atom. The zero-order chi connectivity index (χ0) is 15.3. The van der Waals surface area contributed by atoms with Crippen molar-refractivity contribution in [3.63, 3.8) is 0 Å². The summed E-state index contributed by atoms with van der Waals surface area (Å²) in [5, 5.41) is 3.47. The van der Waals surface area contributed by atoms with E-state index in [1.807, 2.05) is 18.2 Å². The Morgan fingerprint density at radius 3 is 2.71 bits per heavy atom. The molecule has 0 aliphatic rings. The van der Waals surface area contributed by atoms with Crippen LogP contribution < -0.4 is 10.1 Å². The number of hydrogen-bond donors (Lipinski definition) is 1. The maximum atomic E-state index is 5.84. The quantitative estimate of drug-likeness (QED) is 0.859. The molecule has 1 N–H and O–H groups in total. The lowest BCUT2D eigenvalue weighted by atomic mass is 10.1. The number of furan rings is 1. The molecule has 21 heavy (non-hydrogen) atoms. The van der Waals surface area contributed by atoms with Gasteiger partial charge >= 0.3 is 0 Å². The second kappa shape index (κ2) is 6.81. The molecule has 0 aliphatic carbocycles. The van der Waals surface area contributed by atoms with Crippen LogP contribution in [0.2, 0.25) is 0 Å². The van der Waals surface area contributed by atoms with Gasteiger partial charge in [-0.1, -0.05) is 19.1 Å². The summed E-state index contributed by atoms with van der Waals surface area (Å²) in [6, 6.07) is 10.2. The van der Waals surface area contributed by atoms with Crippen LogP contribution in [0.25, 0.3) is 0 Å². The lowest BCUT2D eigenvalue weighted by Crippen LogP contribution is -2.35. The van der Waals surface area contributed by atoms with Crippen molar-refractivity contribution in [1.82, 2.24) is 5.32 Å². The highest BCUT2D eigenvalue weighted by Gasteiger charge is 2.12. The van der Waals surface area contributed by atoms with Crippen LogP contribution in [-0.4, -0.2) is 5.54 Å². The van der Waals surface area contributed by atoms with Crippen LogP contribution in [-0.2, 0) is 19.6 Å². The molecule has 0 radical (unpaired) electrons. The van der Waals surface area contributed by atoms with E-state index in [4.69, 9.17) is 9.15 Å². The fraction of sp³-hybridized carbons (Fsp3) is 0.444. The molecule has 3 heteroatoms. The maximum absolute atomic E-state index is 5.84. The van der Waals surface area contributed by atoms with E-state index in [1.54, 1.807) is 6.26 Å². The first kappa shape index (κ1) is 15.6. The molecule has 2 rings (SSSR count). The second-order valence-electron chi connectivity index (χ2n) is 6.26. The van der Waals surface area contributed by atoms with Crippen molar-refractivity contribution in [3.05, 3.63) is 53.5 Å². The molecule has 2 aromatic rings. The van der Waals surface area contributed by atoms with Crippen LogP contribution in [0.4, 0.5) is 0 Å². The molecule has 1 heterocycles. The number of hydrogen-bond acceptors (Lipinski definition) is 3. The van der Waals surface area contributed by atoms with Gasteiger partial charge in [-0.25, -0.2) is 0 Å². The Kier molecular flexibility index (Phi) is 5.07. The van der Waals surface area contributed by atoms with E-state index in [9.17, 15) is 0 Å². The molecule has 0 saturated heterocycles. The van der Waals surface area contributed by atoms with Gasteiger partial charge < -0.3 is 14.5 Å². The molecule has 0 aliphatic heterocycles. The van der Waals surface area contributed by atoms with Gasteiger partial charge in [0.1, 0.15) is 18.1 Å². The largest absolute Gasteiger partial charge is 0.486 e. The summed E-state index contributed by atoms with van der Waals surface area (Å²) in [4.78, 5) is 0. The molecule has 0 unspecified atom stereocenters. The SMILES string of the molecule is CCc1cccc(OCc2occc2CNC(C)(C)C)c1. The lowest BCUT2D eigenvalue weighted by Gasteiger charge is -2.20. The molecule has 0 fully saturated rings. The van der Waals surface area contributed by atoms with Gasteiger partial charge in [-0.05, 0) is 51.0 Å². The Hall–Kier alpha value is -1.74. The smallest absolute Gasteiger partial charge is 0.146 e. The first-order chi connectivity index (χ1) is 9.98. The number of benzene rings is 1. The lowest BCUT2D eigenvalue weighted by molar-refractivity contribution is 0.267. The van der Waals surface area contributed by atoms with Gasteiger partial charge in [-0.3, -0.25) is 0 Å². The average Bonchev–Trinajstić information content (AvgIpc) is 2.90. The average molecular weight is 287 g/mol. The Bertz CT molecular complexity index is 567. The van der Waals surface area contributed by atoms with Crippen LogP contribution in [0.5, 0.6) is 5.75 Å². The topological polar surface area (TPSA) is 34.4 Å². The van der Waals surface area contributed by atoms with Gasteiger partial charge in [-0.15, -0.1) is 0 Å². The monoisotopic (exact) mass is 287 g/mol. The van der Waals surface area contributed by atoms with Crippen molar-refractivity contribution in [2.45, 2.75) is 52.8 Å². The second-order valence-corrected chi connectivity index (χ2v) is 6.26. The van der Waals surface area contributed by atoms with Gasteiger partial charge in [0.25, 0.3) is 0 Å². The first-order valence-electron chi connectivity index (χ1n) is 7.50. The molecular weight excluding hydrogens is 262 g/mol. The van der Waals surface area contributed by atoms with E-state index in [0.29, 0.717) is 6.61 Å². The number of rotatable bonds is 6. The number of aryl methyl sites for hydroxylation is 1. The van der Waals surface area contributed by atoms with E-state index >= 15 is 0 Å². The van der Waals surface area contributed by atoms with E-state index < -0.39 is 0 Å². The molecule has 3 nitrogen and oxygen atoms in total. The van der Waals surface area contributed by atoms with Gasteiger partial charge in [0, 0.05) is 17.6 Å². The molecule has 114 valence electrons. The summed E-state index contributed by atoms with van der Waals surface area (Å²) >= 11 is 0. The first-order valence-corrected chi connectivity index (χ1v) is 7.50. The van der Waals surface area contributed by atoms with E-state index in [-0.39, 0.29) is 5.54 Å². The van der Waals surface area contributed by atoms with Gasteiger partial charge in [0.2, 0.25) is 0 Å². The minimum absolute atomic E-state index is 0.0881. The molecule has 1 aromatic carbocycles. The maximum Gasteiger partial charge on any atom is 0.146 e. The Labute approximate surface area is 127 Å². The molecule has 0 saturated carbocycles. The third kappa shape index (κ3) is 4.94. The van der Waals surface area contributed by atoms with Gasteiger partial charge in [0.15, 0.2) is 0 Å². The van der Waals surface area contributed by atoms with Crippen LogP contribution in [0, 0.1) is 0 Å². The standard InChI is InChI=1S/C18H25NO2/c1-5-14-7-6-8-16(11-14)21-13-17-15(9-10-20-17)12-19-18(2,3)4/h6-11,19H,5,12-13H2,1-4H3. The molecular formula is C18H25NO2. The Balaban J connectivity index is 1.95. The van der Waals surface area contributed by atoms with Gasteiger partial charge in [-0.2, -0.15) is 0 Å². The fourth-order valence-corrected chi connectivity index (χ4v) is 2.02. The summed E-state index contributed by atoms with van der Waals surface area (Å²) in [6.07, 6.45) is 2.74. The summed E-state index contributed by atoms with van der Waals surface area (Å²) in [6.45, 7) is 9.84. The van der Waals surface area contributed by atoms with Crippen molar-refractivity contribution in [3.8, 4) is 5.75 Å². The fourth-order valence-electron chi connectivity index (χ4n) is 2.02. The van der Waals surface area contributed by atoms with E-state index in [0.717, 1.165) is 30.0 Å². The van der Waals surface area contributed by atoms with Crippen LogP contribution in [0.3, 0.4) is 0 Å². The summed E-state index contributed by atoms with van der Waals surface area (Å²) in [7, 11) is 0. The molecule has 1 aromatic heterocycles. The van der Waals surface area contributed by atoms with Crippen molar-refractivity contribution >= 4 is 0 Å². The van der Waals surface area contributed by atoms with Crippen LogP contribution in [0.15, 0.2) is 41.0 Å². The highest BCUT2D eigenvalue weighted by Crippen LogP contribution is 2.18. The van der Waals surface area contributed by atoms with Crippen molar-refractivity contribution in [2.24, 2.45) is 0 Å². The molecule has 0 atom stereocenters. The van der Waals surface area contributed by atoms with Crippen LogP contribution in [0.1, 0.15) is 44.6 Å². The normalized spacial score (nSPS) is 11.6. The Morgan fingerprint density at radius 2 is 2.00 bits per heavy atom. The number of ether oxygens (including phenoxy) is 1. The zero-order valence-corrected chi connectivity index (χ0v) is 13.4. The van der Waals surface area contributed by atoms with Crippen LogP contribution >= 0.6 is 0 Å². The predicted molar refractivity (Wildman–Crippen MR) is 85.5 cm³/mol. The minimum atomic E-state index is 0.0881. The van der Waals surface area contributed by atoms with Crippen molar-refractivity contribution < 1.29 is 9.15 Å². The van der Waals surface area contributed by atoms with Gasteiger partial charge in [0.05, 0.1) is 6.26 Å². The van der Waals surface area contributed by atoms with Crippen molar-refractivity contribution in [1.29, 1.82) is 0 Å².